The molecule has 1 heterocycles. The molecule has 3 aromatic rings. The molecule has 0 aromatic heterocycles. The van der Waals surface area contributed by atoms with Crippen LogP contribution in [-0.4, -0.2) is 51.4 Å². The molecule has 2 amide bonds. The molecule has 0 spiro atoms. The molecule has 1 aliphatic heterocycles. The first-order valence-electron chi connectivity index (χ1n) is 14.6. The van der Waals surface area contributed by atoms with Gasteiger partial charge in [0, 0.05) is 30.4 Å². The van der Waals surface area contributed by atoms with Gasteiger partial charge in [-0.2, -0.15) is 0 Å². The molecule has 1 saturated heterocycles. The molecule has 3 aromatic carbocycles. The van der Waals surface area contributed by atoms with E-state index in [4.69, 9.17) is 14.2 Å². The van der Waals surface area contributed by atoms with E-state index in [0.717, 1.165) is 25.7 Å². The summed E-state index contributed by atoms with van der Waals surface area (Å²) >= 11 is 0. The third-order valence-corrected chi connectivity index (χ3v) is 8.06. The van der Waals surface area contributed by atoms with Crippen molar-refractivity contribution in [2.75, 3.05) is 18.4 Å². The normalized spacial score (nSPS) is 19.1. The first-order valence-corrected chi connectivity index (χ1v) is 14.6. The van der Waals surface area contributed by atoms with Gasteiger partial charge in [-0.3, -0.25) is 0 Å². The topological polar surface area (TPSA) is 118 Å². The third-order valence-electron chi connectivity index (χ3n) is 8.06. The van der Waals surface area contributed by atoms with E-state index >= 15 is 0 Å². The third kappa shape index (κ3) is 7.56. The molecule has 228 valence electrons. The fraction of sp³-hybridized carbons (Fsp3) is 0.394. The van der Waals surface area contributed by atoms with Crippen LogP contribution in [0.3, 0.4) is 0 Å². The lowest BCUT2D eigenvalue weighted by molar-refractivity contribution is -0.152. The van der Waals surface area contributed by atoms with Crippen molar-refractivity contribution in [2.45, 2.75) is 63.6 Å². The molecular formula is C33H37FN2O7. The van der Waals surface area contributed by atoms with Crippen LogP contribution in [0.1, 0.15) is 52.4 Å². The zero-order chi connectivity index (χ0) is 30.6. The maximum Gasteiger partial charge on any atom is 0.347 e. The fourth-order valence-electron chi connectivity index (χ4n) is 5.62. The molecule has 2 aliphatic rings. The highest BCUT2D eigenvalue weighted by atomic mass is 19.1. The number of likely N-dealkylation sites (tertiary alicyclic amines) is 1. The Bertz CT molecular complexity index is 1440. The molecule has 10 heteroatoms. The summed E-state index contributed by atoms with van der Waals surface area (Å²) in [7, 11) is 0. The maximum atomic E-state index is 13.4. The maximum absolute atomic E-state index is 13.4. The highest BCUT2D eigenvalue weighted by Gasteiger charge is 2.44. The number of benzene rings is 3. The predicted molar refractivity (Wildman–Crippen MR) is 159 cm³/mol. The second-order valence-corrected chi connectivity index (χ2v) is 11.8. The number of aliphatic carboxylic acids is 1. The minimum atomic E-state index is -1.40. The van der Waals surface area contributed by atoms with Crippen LogP contribution in [0.15, 0.2) is 66.7 Å². The molecule has 2 fully saturated rings. The minimum absolute atomic E-state index is 0.207. The van der Waals surface area contributed by atoms with Crippen LogP contribution >= 0.6 is 0 Å². The number of amides is 2. The Hall–Kier alpha value is -4.31. The highest BCUT2D eigenvalue weighted by Crippen LogP contribution is 2.39. The van der Waals surface area contributed by atoms with Crippen LogP contribution in [-0.2, 0) is 4.79 Å². The molecule has 5 rings (SSSR count). The summed E-state index contributed by atoms with van der Waals surface area (Å²) in [5.41, 5.74) is -1.85. The van der Waals surface area contributed by atoms with Crippen LogP contribution in [0.4, 0.5) is 14.9 Å². The Morgan fingerprint density at radius 2 is 1.44 bits per heavy atom. The van der Waals surface area contributed by atoms with Gasteiger partial charge in [0.25, 0.3) is 0 Å². The summed E-state index contributed by atoms with van der Waals surface area (Å²) in [6.07, 6.45) is 5.94. The second kappa shape index (κ2) is 12.5. The molecule has 1 unspecified atom stereocenters. The number of carboxylic acids is 1. The van der Waals surface area contributed by atoms with E-state index in [-0.39, 0.29) is 18.5 Å². The van der Waals surface area contributed by atoms with Crippen LogP contribution < -0.4 is 19.5 Å². The van der Waals surface area contributed by atoms with Gasteiger partial charge >= 0.3 is 12.0 Å². The van der Waals surface area contributed by atoms with E-state index in [9.17, 15) is 24.2 Å². The number of nitrogens with one attached hydrogen (secondary N) is 1. The molecule has 1 saturated carbocycles. The van der Waals surface area contributed by atoms with Crippen molar-refractivity contribution in [1.29, 1.82) is 0 Å². The number of ether oxygens (including phenoxy) is 3. The number of halogens is 1. The summed E-state index contributed by atoms with van der Waals surface area (Å²) in [5.74, 6) is 0.628. The number of aliphatic hydroxyl groups is 1. The Morgan fingerprint density at radius 3 is 2.02 bits per heavy atom. The number of nitrogens with zero attached hydrogens (tertiary/aromatic N) is 1. The number of urea groups is 1. The molecule has 0 bridgehead atoms. The number of rotatable bonds is 9. The van der Waals surface area contributed by atoms with Gasteiger partial charge in [0.1, 0.15) is 34.6 Å². The average molecular weight is 593 g/mol. The van der Waals surface area contributed by atoms with Gasteiger partial charge in [-0.1, -0.05) is 19.3 Å². The standard InChI is InChI=1S/C33H37FN2O7/c1-32(2,30(37)38)43-27-14-12-26(13-15-27)42-29-19-24(18-28(20-29)41-25-10-8-23(34)9-11-25)35-31(39)36-17-16-33(40,21-36)22-6-4-3-5-7-22/h8-15,18-20,22,40H,3-7,16-17,21H2,1-2H3,(H,35,39)(H,37,38). The molecule has 0 radical (unpaired) electrons. The van der Waals surface area contributed by atoms with Crippen molar-refractivity contribution >= 4 is 17.7 Å². The average Bonchev–Trinajstić information content (AvgIpc) is 3.39. The Balaban J connectivity index is 1.32. The lowest BCUT2D eigenvalue weighted by atomic mass is 9.76. The van der Waals surface area contributed by atoms with Crippen LogP contribution in [0.5, 0.6) is 28.7 Å². The van der Waals surface area contributed by atoms with E-state index in [2.05, 4.69) is 5.32 Å². The Kier molecular flexibility index (Phi) is 8.77. The van der Waals surface area contributed by atoms with Gasteiger partial charge in [-0.25, -0.2) is 14.0 Å². The minimum Gasteiger partial charge on any atom is -0.478 e. The highest BCUT2D eigenvalue weighted by molar-refractivity contribution is 5.90. The molecule has 9 nitrogen and oxygen atoms in total. The molecule has 1 atom stereocenters. The Morgan fingerprint density at radius 1 is 0.884 bits per heavy atom. The van der Waals surface area contributed by atoms with E-state index in [0.29, 0.717) is 47.4 Å². The van der Waals surface area contributed by atoms with Gasteiger partial charge in [-0.05, 0) is 87.6 Å². The van der Waals surface area contributed by atoms with Gasteiger partial charge in [0.15, 0.2) is 5.60 Å². The van der Waals surface area contributed by atoms with Crippen molar-refractivity contribution in [1.82, 2.24) is 4.90 Å². The van der Waals surface area contributed by atoms with Crippen molar-refractivity contribution in [2.24, 2.45) is 5.92 Å². The first-order chi connectivity index (χ1) is 20.5. The monoisotopic (exact) mass is 592 g/mol. The number of carbonyl (C=O) groups is 2. The SMILES string of the molecule is CC(C)(Oc1ccc(Oc2cc(NC(=O)N3CCC(O)(C4CCCCC4)C3)cc(Oc3ccc(F)cc3)c2)cc1)C(=O)O. The lowest BCUT2D eigenvalue weighted by Crippen LogP contribution is -2.43. The van der Waals surface area contributed by atoms with Crippen molar-refractivity contribution in [3.63, 3.8) is 0 Å². The predicted octanol–water partition coefficient (Wildman–Crippen LogP) is 7.20. The van der Waals surface area contributed by atoms with Crippen molar-refractivity contribution in [3.05, 3.63) is 72.5 Å². The van der Waals surface area contributed by atoms with Crippen molar-refractivity contribution < 1.29 is 38.4 Å². The van der Waals surface area contributed by atoms with Crippen molar-refractivity contribution in [3.8, 4) is 28.7 Å². The van der Waals surface area contributed by atoms with E-state index in [1.54, 1.807) is 47.4 Å². The van der Waals surface area contributed by atoms with Crippen LogP contribution in [0, 0.1) is 11.7 Å². The largest absolute Gasteiger partial charge is 0.478 e. The lowest BCUT2D eigenvalue weighted by Gasteiger charge is -2.35. The molecule has 1 aliphatic carbocycles. The van der Waals surface area contributed by atoms with E-state index < -0.39 is 23.0 Å². The molecular weight excluding hydrogens is 555 g/mol. The van der Waals surface area contributed by atoms with Gasteiger partial charge in [0.2, 0.25) is 0 Å². The number of β-amino-alcohol motifs (C(OH)–C–C–N with tert-alkyl or cyclic N) is 1. The summed E-state index contributed by atoms with van der Waals surface area (Å²) < 4.78 is 31.0. The zero-order valence-corrected chi connectivity index (χ0v) is 24.3. The number of carboxylic acid groups (broad SMARTS) is 1. The summed E-state index contributed by atoms with van der Waals surface area (Å²) in [6, 6.07) is 16.6. The van der Waals surface area contributed by atoms with Crippen LogP contribution in [0.2, 0.25) is 0 Å². The number of hydrogen-bond donors (Lipinski definition) is 3. The molecule has 3 N–H and O–H groups in total. The van der Waals surface area contributed by atoms with Gasteiger partial charge < -0.3 is 34.6 Å². The number of hydrogen-bond acceptors (Lipinski definition) is 6. The van der Waals surface area contributed by atoms with Gasteiger partial charge in [0.05, 0.1) is 12.1 Å². The number of carbonyl (C=O) groups excluding carboxylic acids is 1. The quantitative estimate of drug-likeness (QED) is 0.240. The van der Waals surface area contributed by atoms with Crippen LogP contribution in [0.25, 0.3) is 0 Å². The zero-order valence-electron chi connectivity index (χ0n) is 24.3. The summed E-state index contributed by atoms with van der Waals surface area (Å²) in [4.78, 5) is 26.3. The van der Waals surface area contributed by atoms with Gasteiger partial charge in [-0.15, -0.1) is 0 Å². The summed E-state index contributed by atoms with van der Waals surface area (Å²) in [6.45, 7) is 3.66. The fourth-order valence-corrected chi connectivity index (χ4v) is 5.62. The molecule has 43 heavy (non-hydrogen) atoms. The summed E-state index contributed by atoms with van der Waals surface area (Å²) in [5, 5.41) is 23.5. The van der Waals surface area contributed by atoms with E-state index in [1.165, 1.54) is 44.5 Å². The Labute approximate surface area is 250 Å². The first kappa shape index (κ1) is 30.2. The number of anilines is 1. The van der Waals surface area contributed by atoms with E-state index in [1.807, 2.05) is 0 Å². The smallest absolute Gasteiger partial charge is 0.347 e. The second-order valence-electron chi connectivity index (χ2n) is 11.8.